The van der Waals surface area contributed by atoms with Crippen LogP contribution in [0.2, 0.25) is 0 Å². The van der Waals surface area contributed by atoms with Crippen molar-refractivity contribution in [2.75, 3.05) is 0 Å². The fourth-order valence-corrected chi connectivity index (χ4v) is 2.05. The lowest BCUT2D eigenvalue weighted by Crippen LogP contribution is -2.27. The summed E-state index contributed by atoms with van der Waals surface area (Å²) >= 11 is 0. The van der Waals surface area contributed by atoms with E-state index in [0.717, 1.165) is 18.4 Å². The first kappa shape index (κ1) is 12.6. The number of carbonyl (C=O) groups excluding carboxylic acids is 1. The molecule has 1 aromatic rings. The molecule has 0 atom stereocenters. The highest BCUT2D eigenvalue weighted by Gasteiger charge is 2.20. The number of carboxylic acid groups (broad SMARTS) is 1. The highest BCUT2D eigenvalue weighted by atomic mass is 16.4. The summed E-state index contributed by atoms with van der Waals surface area (Å²) in [4.78, 5) is 22.4. The van der Waals surface area contributed by atoms with Crippen molar-refractivity contribution in [2.24, 2.45) is 5.92 Å². The van der Waals surface area contributed by atoms with E-state index in [0.29, 0.717) is 18.9 Å². The van der Waals surface area contributed by atoms with Crippen LogP contribution in [0.4, 0.5) is 0 Å². The van der Waals surface area contributed by atoms with Gasteiger partial charge < -0.3 is 10.4 Å². The maximum absolute atomic E-state index is 11.6. The lowest BCUT2D eigenvalue weighted by molar-refractivity contribution is -0.122. The largest absolute Gasteiger partial charge is 0.478 e. The second-order valence-corrected chi connectivity index (χ2v) is 4.78. The van der Waals surface area contributed by atoms with E-state index in [1.165, 1.54) is 6.42 Å². The van der Waals surface area contributed by atoms with E-state index < -0.39 is 5.97 Å². The summed E-state index contributed by atoms with van der Waals surface area (Å²) < 4.78 is 0. The minimum Gasteiger partial charge on any atom is -0.478 e. The van der Waals surface area contributed by atoms with Crippen LogP contribution < -0.4 is 5.32 Å². The lowest BCUT2D eigenvalue weighted by Gasteiger charge is -2.24. The normalized spacial score (nSPS) is 14.9. The number of amides is 1. The van der Waals surface area contributed by atoms with E-state index in [1.807, 2.05) is 6.07 Å². The number of benzene rings is 1. The summed E-state index contributed by atoms with van der Waals surface area (Å²) in [5, 5.41) is 11.7. The first-order valence-corrected chi connectivity index (χ1v) is 6.24. The van der Waals surface area contributed by atoms with Gasteiger partial charge in [-0.1, -0.05) is 18.6 Å². The highest BCUT2D eigenvalue weighted by Crippen LogP contribution is 2.29. The third-order valence-corrected chi connectivity index (χ3v) is 3.36. The van der Waals surface area contributed by atoms with Gasteiger partial charge in [0.25, 0.3) is 0 Å². The lowest BCUT2D eigenvalue weighted by atomic mass is 9.83. The van der Waals surface area contributed by atoms with Gasteiger partial charge in [-0.2, -0.15) is 0 Å². The molecule has 0 aliphatic heterocycles. The first-order chi connectivity index (χ1) is 8.65. The van der Waals surface area contributed by atoms with Crippen molar-refractivity contribution in [2.45, 2.75) is 32.2 Å². The average molecular weight is 247 g/mol. The molecule has 0 saturated heterocycles. The fraction of sp³-hybridized carbons (Fsp3) is 0.429. The second kappa shape index (κ2) is 5.67. The molecule has 0 aromatic heterocycles. The Balaban J connectivity index is 1.83. The van der Waals surface area contributed by atoms with E-state index in [-0.39, 0.29) is 11.5 Å². The van der Waals surface area contributed by atoms with Gasteiger partial charge in [0.05, 0.1) is 5.56 Å². The zero-order valence-electron chi connectivity index (χ0n) is 10.2. The van der Waals surface area contributed by atoms with Crippen LogP contribution in [0.25, 0.3) is 0 Å². The van der Waals surface area contributed by atoms with Crippen LogP contribution in [-0.4, -0.2) is 17.0 Å². The number of nitrogens with one attached hydrogen (secondary N) is 1. The molecule has 1 fully saturated rings. The van der Waals surface area contributed by atoms with Crippen LogP contribution >= 0.6 is 0 Å². The van der Waals surface area contributed by atoms with E-state index in [1.54, 1.807) is 18.2 Å². The summed E-state index contributed by atoms with van der Waals surface area (Å²) in [5.74, 6) is -0.339. The Kier molecular flexibility index (Phi) is 3.97. The van der Waals surface area contributed by atoms with E-state index >= 15 is 0 Å². The van der Waals surface area contributed by atoms with Crippen molar-refractivity contribution >= 4 is 11.9 Å². The molecule has 0 unspecified atom stereocenters. The standard InChI is InChI=1S/C14H17NO3/c16-13(8-10-3-1-4-10)15-9-11-5-2-6-12(7-11)14(17)18/h2,5-7,10H,1,3-4,8-9H2,(H,15,16)(H,17,18). The zero-order chi connectivity index (χ0) is 13.0. The molecule has 0 spiro atoms. The van der Waals surface area contributed by atoms with Crippen molar-refractivity contribution in [1.29, 1.82) is 0 Å². The van der Waals surface area contributed by atoms with Crippen LogP contribution in [0.15, 0.2) is 24.3 Å². The molecule has 0 radical (unpaired) electrons. The molecule has 1 aromatic carbocycles. The van der Waals surface area contributed by atoms with Crippen LogP contribution in [-0.2, 0) is 11.3 Å². The van der Waals surface area contributed by atoms with Gasteiger partial charge in [-0.15, -0.1) is 0 Å². The monoisotopic (exact) mass is 247 g/mol. The van der Waals surface area contributed by atoms with Crippen molar-refractivity contribution in [1.82, 2.24) is 5.32 Å². The molecule has 0 bridgehead atoms. The molecule has 1 aliphatic rings. The second-order valence-electron chi connectivity index (χ2n) is 4.78. The first-order valence-electron chi connectivity index (χ1n) is 6.24. The molecule has 4 heteroatoms. The molecule has 1 aliphatic carbocycles. The Hall–Kier alpha value is -1.84. The van der Waals surface area contributed by atoms with E-state index in [2.05, 4.69) is 5.32 Å². The van der Waals surface area contributed by atoms with Gasteiger partial charge in [0.15, 0.2) is 0 Å². The number of carbonyl (C=O) groups is 2. The summed E-state index contributed by atoms with van der Waals surface area (Å²) in [6, 6.07) is 6.64. The Labute approximate surface area is 106 Å². The van der Waals surface area contributed by atoms with Crippen LogP contribution in [0.5, 0.6) is 0 Å². The Bertz CT molecular complexity index is 452. The topological polar surface area (TPSA) is 66.4 Å². The number of aromatic carboxylic acids is 1. The van der Waals surface area contributed by atoms with Gasteiger partial charge in [0, 0.05) is 13.0 Å². The van der Waals surface area contributed by atoms with Gasteiger partial charge in [-0.25, -0.2) is 4.79 Å². The Morgan fingerprint density at radius 2 is 2.11 bits per heavy atom. The SMILES string of the molecule is O=C(CC1CCC1)NCc1cccc(C(=O)O)c1. The summed E-state index contributed by atoms with van der Waals surface area (Å²) in [6.07, 6.45) is 4.14. The predicted octanol–water partition coefficient (Wildman–Crippen LogP) is 2.19. The van der Waals surface area contributed by atoms with Gasteiger partial charge in [0.1, 0.15) is 0 Å². The van der Waals surface area contributed by atoms with Crippen molar-refractivity contribution in [3.63, 3.8) is 0 Å². The summed E-state index contributed by atoms with van der Waals surface area (Å²) in [7, 11) is 0. The third kappa shape index (κ3) is 3.32. The van der Waals surface area contributed by atoms with Crippen molar-refractivity contribution in [3.8, 4) is 0 Å². The number of hydrogen-bond donors (Lipinski definition) is 2. The minimum atomic E-state index is -0.947. The van der Waals surface area contributed by atoms with Gasteiger partial charge in [0.2, 0.25) is 5.91 Å². The predicted molar refractivity (Wildman–Crippen MR) is 67.2 cm³/mol. The van der Waals surface area contributed by atoms with Crippen molar-refractivity contribution < 1.29 is 14.7 Å². The van der Waals surface area contributed by atoms with Crippen LogP contribution in [0, 0.1) is 5.92 Å². The average Bonchev–Trinajstić information content (AvgIpc) is 2.31. The molecular weight excluding hydrogens is 230 g/mol. The molecule has 18 heavy (non-hydrogen) atoms. The smallest absolute Gasteiger partial charge is 0.335 e. The summed E-state index contributed by atoms with van der Waals surface area (Å²) in [5.41, 5.74) is 1.07. The zero-order valence-corrected chi connectivity index (χ0v) is 10.2. The van der Waals surface area contributed by atoms with Crippen LogP contribution in [0.1, 0.15) is 41.6 Å². The molecule has 1 amide bonds. The quantitative estimate of drug-likeness (QED) is 0.838. The van der Waals surface area contributed by atoms with Gasteiger partial charge in [-0.05, 0) is 36.5 Å². The third-order valence-electron chi connectivity index (χ3n) is 3.36. The Morgan fingerprint density at radius 1 is 1.33 bits per heavy atom. The van der Waals surface area contributed by atoms with Gasteiger partial charge in [-0.3, -0.25) is 4.79 Å². The number of hydrogen-bond acceptors (Lipinski definition) is 2. The van der Waals surface area contributed by atoms with E-state index in [9.17, 15) is 9.59 Å². The number of rotatable bonds is 5. The molecular formula is C14H17NO3. The Morgan fingerprint density at radius 3 is 2.72 bits per heavy atom. The highest BCUT2D eigenvalue weighted by molar-refractivity contribution is 5.87. The van der Waals surface area contributed by atoms with Gasteiger partial charge >= 0.3 is 5.97 Å². The molecule has 1 saturated carbocycles. The summed E-state index contributed by atoms with van der Waals surface area (Å²) in [6.45, 7) is 0.396. The maximum atomic E-state index is 11.6. The minimum absolute atomic E-state index is 0.0560. The molecule has 2 N–H and O–H groups in total. The number of carboxylic acids is 1. The van der Waals surface area contributed by atoms with Crippen molar-refractivity contribution in [3.05, 3.63) is 35.4 Å². The van der Waals surface area contributed by atoms with E-state index in [4.69, 9.17) is 5.11 Å². The molecule has 96 valence electrons. The molecule has 4 nitrogen and oxygen atoms in total. The molecule has 2 rings (SSSR count). The van der Waals surface area contributed by atoms with Crippen LogP contribution in [0.3, 0.4) is 0 Å². The maximum Gasteiger partial charge on any atom is 0.335 e. The molecule has 0 heterocycles. The fourth-order valence-electron chi connectivity index (χ4n) is 2.05.